The molecule has 1 unspecified atom stereocenters. The molecule has 2 aromatic carbocycles. The molecular formula is C22H23N3O2. The summed E-state index contributed by atoms with van der Waals surface area (Å²) in [6.45, 7) is 3.61. The van der Waals surface area contributed by atoms with E-state index in [1.165, 1.54) is 11.1 Å². The summed E-state index contributed by atoms with van der Waals surface area (Å²) in [7, 11) is 0. The molecule has 1 aliphatic heterocycles. The molecule has 1 amide bonds. The fourth-order valence-electron chi connectivity index (χ4n) is 3.74. The maximum Gasteiger partial charge on any atom is 0.271 e. The lowest BCUT2D eigenvalue weighted by Crippen LogP contribution is -2.39. The van der Waals surface area contributed by atoms with E-state index in [1.54, 1.807) is 30.3 Å². The summed E-state index contributed by atoms with van der Waals surface area (Å²) in [5, 5.41) is 16.6. The van der Waals surface area contributed by atoms with Gasteiger partial charge in [-0.25, -0.2) is 0 Å². The molecule has 138 valence electrons. The van der Waals surface area contributed by atoms with Crippen LogP contribution in [0.25, 0.3) is 11.3 Å². The number of amides is 1. The van der Waals surface area contributed by atoms with Crippen LogP contribution in [0.1, 0.15) is 40.4 Å². The van der Waals surface area contributed by atoms with E-state index in [-0.39, 0.29) is 11.7 Å². The zero-order chi connectivity index (χ0) is 18.8. The van der Waals surface area contributed by atoms with Crippen LogP contribution in [-0.2, 0) is 0 Å². The number of hydrogen-bond acceptors (Lipinski definition) is 3. The number of H-pyrrole nitrogens is 1. The molecule has 0 saturated carbocycles. The Balaban J connectivity index is 1.50. The zero-order valence-corrected chi connectivity index (χ0v) is 15.4. The number of aromatic hydroxyl groups is 1. The van der Waals surface area contributed by atoms with Crippen molar-refractivity contribution in [2.45, 2.75) is 25.7 Å². The first-order valence-electron chi connectivity index (χ1n) is 9.31. The molecule has 5 heteroatoms. The smallest absolute Gasteiger partial charge is 0.271 e. The van der Waals surface area contributed by atoms with E-state index in [1.807, 2.05) is 4.90 Å². The van der Waals surface area contributed by atoms with Crippen LogP contribution >= 0.6 is 0 Å². The Morgan fingerprint density at radius 1 is 1.19 bits per heavy atom. The lowest BCUT2D eigenvalue weighted by atomic mass is 9.89. The topological polar surface area (TPSA) is 69.2 Å². The minimum absolute atomic E-state index is 0.00937. The molecule has 5 nitrogen and oxygen atoms in total. The van der Waals surface area contributed by atoms with Gasteiger partial charge in [0, 0.05) is 24.6 Å². The van der Waals surface area contributed by atoms with Gasteiger partial charge in [0.15, 0.2) is 0 Å². The number of carbonyl (C=O) groups is 1. The molecule has 1 fully saturated rings. The molecule has 0 aliphatic carbocycles. The van der Waals surface area contributed by atoms with Gasteiger partial charge in [-0.05, 0) is 55.7 Å². The third kappa shape index (κ3) is 3.72. The predicted molar refractivity (Wildman–Crippen MR) is 105 cm³/mol. The number of carbonyl (C=O) groups excluding carboxylic acids is 1. The molecule has 2 heterocycles. The quantitative estimate of drug-likeness (QED) is 0.737. The van der Waals surface area contributed by atoms with Crippen LogP contribution < -0.4 is 0 Å². The van der Waals surface area contributed by atoms with Crippen molar-refractivity contribution >= 4 is 5.91 Å². The van der Waals surface area contributed by atoms with E-state index < -0.39 is 0 Å². The minimum atomic E-state index is -0.00937. The molecular weight excluding hydrogens is 338 g/mol. The van der Waals surface area contributed by atoms with E-state index in [0.717, 1.165) is 31.5 Å². The van der Waals surface area contributed by atoms with Crippen molar-refractivity contribution in [1.29, 1.82) is 0 Å². The highest BCUT2D eigenvalue weighted by Gasteiger charge is 2.26. The summed E-state index contributed by atoms with van der Waals surface area (Å²) in [5.41, 5.74) is 4.62. The summed E-state index contributed by atoms with van der Waals surface area (Å²) >= 11 is 0. The molecule has 1 saturated heterocycles. The van der Waals surface area contributed by atoms with Crippen LogP contribution in [0.4, 0.5) is 0 Å². The van der Waals surface area contributed by atoms with E-state index >= 15 is 0 Å². The fourth-order valence-corrected chi connectivity index (χ4v) is 3.74. The third-order valence-corrected chi connectivity index (χ3v) is 5.19. The van der Waals surface area contributed by atoms with Gasteiger partial charge in [0.25, 0.3) is 5.91 Å². The monoisotopic (exact) mass is 361 g/mol. The normalized spacial score (nSPS) is 17.1. The first-order valence-corrected chi connectivity index (χ1v) is 9.31. The Bertz CT molecular complexity index is 946. The molecule has 0 radical (unpaired) electrons. The molecule has 1 atom stereocenters. The molecule has 2 N–H and O–H groups in total. The highest BCUT2D eigenvalue weighted by Crippen LogP contribution is 2.28. The molecule has 4 rings (SSSR count). The summed E-state index contributed by atoms with van der Waals surface area (Å²) in [4.78, 5) is 14.9. The number of aromatic nitrogens is 2. The predicted octanol–water partition coefficient (Wildman–Crippen LogP) is 4.11. The van der Waals surface area contributed by atoms with Crippen LogP contribution in [0.5, 0.6) is 5.75 Å². The maximum atomic E-state index is 13.0. The Morgan fingerprint density at radius 2 is 2.00 bits per heavy atom. The van der Waals surface area contributed by atoms with Crippen LogP contribution in [0, 0.1) is 6.92 Å². The standard InChI is InChI=1S/C22H23N3O2/c1-15-4-2-5-17(12-15)18-6-3-11-25(14-18)22(27)21-13-20(23-24-21)16-7-9-19(26)10-8-16/h2,4-5,7-10,12-13,18,26H,3,6,11,14H2,1H3,(H,23,24). The highest BCUT2D eigenvalue weighted by molar-refractivity contribution is 5.93. The molecule has 1 aromatic heterocycles. The lowest BCUT2D eigenvalue weighted by Gasteiger charge is -2.32. The highest BCUT2D eigenvalue weighted by atomic mass is 16.3. The van der Waals surface area contributed by atoms with Gasteiger partial charge >= 0.3 is 0 Å². The number of aromatic amines is 1. The van der Waals surface area contributed by atoms with Crippen molar-refractivity contribution in [2.75, 3.05) is 13.1 Å². The summed E-state index contributed by atoms with van der Waals surface area (Å²) < 4.78 is 0. The number of likely N-dealkylation sites (tertiary alicyclic amines) is 1. The number of rotatable bonds is 3. The van der Waals surface area contributed by atoms with Crippen LogP contribution in [0.15, 0.2) is 54.6 Å². The van der Waals surface area contributed by atoms with Gasteiger partial charge in [0.1, 0.15) is 11.4 Å². The number of benzene rings is 2. The van der Waals surface area contributed by atoms with Crippen LogP contribution in [0.2, 0.25) is 0 Å². The number of nitrogens with zero attached hydrogens (tertiary/aromatic N) is 2. The second-order valence-corrected chi connectivity index (χ2v) is 7.22. The van der Waals surface area contributed by atoms with Crippen molar-refractivity contribution in [3.8, 4) is 17.0 Å². The molecule has 1 aliphatic rings. The first-order chi connectivity index (χ1) is 13.1. The average Bonchev–Trinajstić information content (AvgIpc) is 3.18. The third-order valence-electron chi connectivity index (χ3n) is 5.19. The number of aryl methyl sites for hydroxylation is 1. The first kappa shape index (κ1) is 17.3. The van der Waals surface area contributed by atoms with Gasteiger partial charge in [0.05, 0.1) is 5.69 Å². The largest absolute Gasteiger partial charge is 0.508 e. The van der Waals surface area contributed by atoms with Crippen molar-refractivity contribution in [1.82, 2.24) is 15.1 Å². The van der Waals surface area contributed by atoms with Crippen molar-refractivity contribution in [3.05, 3.63) is 71.4 Å². The number of nitrogens with one attached hydrogen (secondary N) is 1. The fraction of sp³-hybridized carbons (Fsp3) is 0.273. The summed E-state index contributed by atoms with van der Waals surface area (Å²) in [6, 6.07) is 17.1. The number of piperidine rings is 1. The Labute approximate surface area is 158 Å². The van der Waals surface area contributed by atoms with Crippen molar-refractivity contribution < 1.29 is 9.90 Å². The van der Waals surface area contributed by atoms with Gasteiger partial charge in [-0.1, -0.05) is 29.8 Å². The van der Waals surface area contributed by atoms with E-state index in [0.29, 0.717) is 17.3 Å². The number of phenolic OH excluding ortho intramolecular Hbond substituents is 1. The van der Waals surface area contributed by atoms with E-state index in [9.17, 15) is 9.90 Å². The van der Waals surface area contributed by atoms with Crippen LogP contribution in [0.3, 0.4) is 0 Å². The maximum absolute atomic E-state index is 13.0. The Morgan fingerprint density at radius 3 is 2.78 bits per heavy atom. The van der Waals surface area contributed by atoms with Gasteiger partial charge in [-0.3, -0.25) is 9.89 Å². The van der Waals surface area contributed by atoms with Gasteiger partial charge < -0.3 is 10.0 Å². The SMILES string of the molecule is Cc1cccc(C2CCCN(C(=O)c3cc(-c4ccc(O)cc4)n[nH]3)C2)c1. The minimum Gasteiger partial charge on any atom is -0.508 e. The van der Waals surface area contributed by atoms with Crippen LogP contribution in [-0.4, -0.2) is 39.2 Å². The molecule has 27 heavy (non-hydrogen) atoms. The second-order valence-electron chi connectivity index (χ2n) is 7.22. The summed E-state index contributed by atoms with van der Waals surface area (Å²) in [5.74, 6) is 0.577. The molecule has 0 spiro atoms. The van der Waals surface area contributed by atoms with Gasteiger partial charge in [0.2, 0.25) is 0 Å². The molecule has 0 bridgehead atoms. The lowest BCUT2D eigenvalue weighted by molar-refractivity contribution is 0.0701. The Kier molecular flexibility index (Phi) is 4.67. The summed E-state index contributed by atoms with van der Waals surface area (Å²) in [6.07, 6.45) is 2.11. The number of phenols is 1. The number of hydrogen-bond donors (Lipinski definition) is 2. The van der Waals surface area contributed by atoms with E-state index in [4.69, 9.17) is 0 Å². The zero-order valence-electron chi connectivity index (χ0n) is 15.4. The van der Waals surface area contributed by atoms with Crippen molar-refractivity contribution in [3.63, 3.8) is 0 Å². The average molecular weight is 361 g/mol. The van der Waals surface area contributed by atoms with Crippen molar-refractivity contribution in [2.24, 2.45) is 0 Å². The van der Waals surface area contributed by atoms with E-state index in [2.05, 4.69) is 41.4 Å². The second kappa shape index (κ2) is 7.27. The van der Waals surface area contributed by atoms with Gasteiger partial charge in [-0.15, -0.1) is 0 Å². The Hall–Kier alpha value is -3.08. The molecule has 3 aromatic rings. The van der Waals surface area contributed by atoms with Gasteiger partial charge in [-0.2, -0.15) is 5.10 Å².